The number of carbonyl (C=O) groups excluding carboxylic acids is 1. The molecule has 3 rings (SSSR count). The van der Waals surface area contributed by atoms with Gasteiger partial charge in [-0.2, -0.15) is 0 Å². The zero-order valence-corrected chi connectivity index (χ0v) is 14.0. The molecule has 1 atom stereocenters. The summed E-state index contributed by atoms with van der Waals surface area (Å²) in [5.41, 5.74) is 0. The largest absolute Gasteiger partial charge is 0.480 e. The number of benzene rings is 2. The highest BCUT2D eigenvalue weighted by molar-refractivity contribution is 5.89. The Morgan fingerprint density at radius 1 is 1.21 bits per heavy atom. The predicted octanol–water partition coefficient (Wildman–Crippen LogP) is 2.06. The minimum absolute atomic E-state index is 0.0869. The van der Waals surface area contributed by atoms with Crippen LogP contribution in [0.3, 0.4) is 0 Å². The molecule has 0 radical (unpaired) electrons. The van der Waals surface area contributed by atoms with E-state index >= 15 is 0 Å². The molecule has 0 unspecified atom stereocenters. The molecule has 1 N–H and O–H groups in total. The second-order valence-electron chi connectivity index (χ2n) is 5.98. The van der Waals surface area contributed by atoms with Crippen LogP contribution in [0, 0.1) is 0 Å². The Labute approximate surface area is 142 Å². The van der Waals surface area contributed by atoms with Crippen molar-refractivity contribution in [1.82, 2.24) is 10.2 Å². The standard InChI is InChI=1S/C19H24N2O3/c1-15(19(22)20-9-10-21-11-13-23-14-12-21)24-18-8-4-6-16-5-2-3-7-17(16)18/h2-8,15H,9-14H2,1H3,(H,20,22)/t15-/m1/s1. The summed E-state index contributed by atoms with van der Waals surface area (Å²) in [7, 11) is 0. The Morgan fingerprint density at radius 2 is 1.96 bits per heavy atom. The van der Waals surface area contributed by atoms with Crippen molar-refractivity contribution in [2.24, 2.45) is 0 Å². The Balaban J connectivity index is 1.51. The van der Waals surface area contributed by atoms with Gasteiger partial charge in [-0.1, -0.05) is 36.4 Å². The average molecular weight is 328 g/mol. The molecule has 1 fully saturated rings. The molecule has 128 valence electrons. The molecule has 1 saturated heterocycles. The normalized spacial score (nSPS) is 16.7. The van der Waals surface area contributed by atoms with Gasteiger partial charge in [0.1, 0.15) is 5.75 Å². The second kappa shape index (κ2) is 8.13. The number of hydrogen-bond acceptors (Lipinski definition) is 4. The topological polar surface area (TPSA) is 50.8 Å². The summed E-state index contributed by atoms with van der Waals surface area (Å²) in [5.74, 6) is 0.653. The van der Waals surface area contributed by atoms with Gasteiger partial charge in [0.15, 0.2) is 6.10 Å². The third-order valence-electron chi connectivity index (χ3n) is 4.25. The van der Waals surface area contributed by atoms with Gasteiger partial charge in [0.2, 0.25) is 0 Å². The van der Waals surface area contributed by atoms with Crippen LogP contribution < -0.4 is 10.1 Å². The summed E-state index contributed by atoms with van der Waals surface area (Å²) in [6.07, 6.45) is -0.527. The molecule has 0 saturated carbocycles. The molecule has 0 aliphatic carbocycles. The van der Waals surface area contributed by atoms with E-state index in [1.807, 2.05) is 42.5 Å². The van der Waals surface area contributed by atoms with Crippen LogP contribution >= 0.6 is 0 Å². The van der Waals surface area contributed by atoms with Crippen LogP contribution in [0.1, 0.15) is 6.92 Å². The molecule has 2 aromatic rings. The number of rotatable bonds is 6. The smallest absolute Gasteiger partial charge is 0.260 e. The maximum Gasteiger partial charge on any atom is 0.260 e. The molecule has 0 bridgehead atoms. The SMILES string of the molecule is C[C@@H](Oc1cccc2ccccc12)C(=O)NCCN1CCOCC1. The van der Waals surface area contributed by atoms with E-state index in [2.05, 4.69) is 10.2 Å². The first-order valence-electron chi connectivity index (χ1n) is 8.46. The Morgan fingerprint density at radius 3 is 2.79 bits per heavy atom. The first-order valence-corrected chi connectivity index (χ1v) is 8.46. The van der Waals surface area contributed by atoms with Crippen LogP contribution in [-0.2, 0) is 9.53 Å². The van der Waals surface area contributed by atoms with Crippen molar-refractivity contribution in [3.8, 4) is 5.75 Å². The Bertz CT molecular complexity index is 678. The summed E-state index contributed by atoms with van der Waals surface area (Å²) in [6, 6.07) is 13.9. The number of nitrogens with zero attached hydrogens (tertiary/aromatic N) is 1. The Kier molecular flexibility index (Phi) is 5.67. The molecular weight excluding hydrogens is 304 g/mol. The van der Waals surface area contributed by atoms with Crippen molar-refractivity contribution in [2.45, 2.75) is 13.0 Å². The van der Waals surface area contributed by atoms with Crippen LogP contribution in [-0.4, -0.2) is 56.3 Å². The van der Waals surface area contributed by atoms with E-state index in [0.717, 1.165) is 49.4 Å². The average Bonchev–Trinajstić information content (AvgIpc) is 2.63. The maximum atomic E-state index is 12.2. The number of nitrogens with one attached hydrogen (secondary N) is 1. The third-order valence-corrected chi connectivity index (χ3v) is 4.25. The highest BCUT2D eigenvalue weighted by Crippen LogP contribution is 2.25. The lowest BCUT2D eigenvalue weighted by Gasteiger charge is -2.26. The molecule has 0 aromatic heterocycles. The Hall–Kier alpha value is -2.11. The minimum atomic E-state index is -0.527. The van der Waals surface area contributed by atoms with Crippen LogP contribution in [0.4, 0.5) is 0 Å². The van der Waals surface area contributed by atoms with Crippen molar-refractivity contribution in [3.05, 3.63) is 42.5 Å². The van der Waals surface area contributed by atoms with E-state index in [9.17, 15) is 4.79 Å². The van der Waals surface area contributed by atoms with E-state index in [1.54, 1.807) is 6.92 Å². The monoisotopic (exact) mass is 328 g/mol. The number of fused-ring (bicyclic) bond motifs is 1. The van der Waals surface area contributed by atoms with E-state index < -0.39 is 6.10 Å². The summed E-state index contributed by atoms with van der Waals surface area (Å²) >= 11 is 0. The van der Waals surface area contributed by atoms with Crippen molar-refractivity contribution in [1.29, 1.82) is 0 Å². The summed E-state index contributed by atoms with van der Waals surface area (Å²) in [6.45, 7) is 6.66. The third kappa shape index (κ3) is 4.24. The van der Waals surface area contributed by atoms with Crippen molar-refractivity contribution < 1.29 is 14.3 Å². The van der Waals surface area contributed by atoms with Gasteiger partial charge >= 0.3 is 0 Å². The summed E-state index contributed by atoms with van der Waals surface area (Å²) in [5, 5.41) is 5.08. The lowest BCUT2D eigenvalue weighted by atomic mass is 10.1. The highest BCUT2D eigenvalue weighted by Gasteiger charge is 2.16. The molecule has 1 amide bonds. The van der Waals surface area contributed by atoms with Gasteiger partial charge < -0.3 is 14.8 Å². The van der Waals surface area contributed by atoms with Crippen LogP contribution in [0.2, 0.25) is 0 Å². The molecule has 5 nitrogen and oxygen atoms in total. The van der Waals surface area contributed by atoms with E-state index in [0.29, 0.717) is 6.54 Å². The van der Waals surface area contributed by atoms with Crippen LogP contribution in [0.25, 0.3) is 10.8 Å². The predicted molar refractivity (Wildman–Crippen MR) is 94.3 cm³/mol. The van der Waals surface area contributed by atoms with E-state index in [4.69, 9.17) is 9.47 Å². The molecule has 1 heterocycles. The quantitative estimate of drug-likeness (QED) is 0.882. The fourth-order valence-electron chi connectivity index (χ4n) is 2.85. The molecular formula is C19H24N2O3. The first kappa shape index (κ1) is 16.7. The molecule has 5 heteroatoms. The lowest BCUT2D eigenvalue weighted by molar-refractivity contribution is -0.127. The van der Waals surface area contributed by atoms with Gasteiger partial charge in [0.05, 0.1) is 13.2 Å². The van der Waals surface area contributed by atoms with Gasteiger partial charge in [-0.3, -0.25) is 9.69 Å². The van der Waals surface area contributed by atoms with Gasteiger partial charge in [-0.15, -0.1) is 0 Å². The highest BCUT2D eigenvalue weighted by atomic mass is 16.5. The van der Waals surface area contributed by atoms with E-state index in [-0.39, 0.29) is 5.91 Å². The molecule has 1 aliphatic heterocycles. The van der Waals surface area contributed by atoms with Crippen molar-refractivity contribution in [2.75, 3.05) is 39.4 Å². The number of ether oxygens (including phenoxy) is 2. The van der Waals surface area contributed by atoms with Gasteiger partial charge in [-0.25, -0.2) is 0 Å². The second-order valence-corrected chi connectivity index (χ2v) is 5.98. The molecule has 0 spiro atoms. The van der Waals surface area contributed by atoms with Gasteiger partial charge in [-0.05, 0) is 18.4 Å². The fraction of sp³-hybridized carbons (Fsp3) is 0.421. The number of amides is 1. The number of hydrogen-bond donors (Lipinski definition) is 1. The summed E-state index contributed by atoms with van der Waals surface area (Å²) < 4.78 is 11.2. The first-order chi connectivity index (χ1) is 11.7. The number of carbonyl (C=O) groups is 1. The van der Waals surface area contributed by atoms with Crippen LogP contribution in [0.5, 0.6) is 5.75 Å². The summed E-state index contributed by atoms with van der Waals surface area (Å²) in [4.78, 5) is 14.5. The minimum Gasteiger partial charge on any atom is -0.480 e. The zero-order chi connectivity index (χ0) is 16.8. The van der Waals surface area contributed by atoms with Crippen molar-refractivity contribution >= 4 is 16.7 Å². The lowest BCUT2D eigenvalue weighted by Crippen LogP contribution is -2.43. The number of morpholine rings is 1. The van der Waals surface area contributed by atoms with Gasteiger partial charge in [0.25, 0.3) is 5.91 Å². The molecule has 1 aliphatic rings. The molecule has 2 aromatic carbocycles. The fourth-order valence-corrected chi connectivity index (χ4v) is 2.85. The maximum absolute atomic E-state index is 12.2. The van der Waals surface area contributed by atoms with E-state index in [1.165, 1.54) is 0 Å². The van der Waals surface area contributed by atoms with Gasteiger partial charge in [0, 0.05) is 31.6 Å². The zero-order valence-electron chi connectivity index (χ0n) is 14.0. The van der Waals surface area contributed by atoms with Crippen molar-refractivity contribution in [3.63, 3.8) is 0 Å². The molecule has 24 heavy (non-hydrogen) atoms. The van der Waals surface area contributed by atoms with Crippen LogP contribution in [0.15, 0.2) is 42.5 Å².